The van der Waals surface area contributed by atoms with Crippen molar-refractivity contribution < 1.29 is 38.0 Å². The van der Waals surface area contributed by atoms with E-state index in [4.69, 9.17) is 28.4 Å². The molecule has 0 radical (unpaired) electrons. The lowest BCUT2D eigenvalue weighted by atomic mass is 9.95. The standard InChI is InChI=1S/C20H28O8/c1-17-7-5-11-19(3,27-11)16(22)24-10-14-18(2,26-14)8-6-12-20(4,28-12)15(21)23-9-13(17)25-17/h11-14H,5-10H2,1-4H3/t11-,12+,13-,14+,17-,18+,19+,20-. The minimum Gasteiger partial charge on any atom is -0.461 e. The van der Waals surface area contributed by atoms with Gasteiger partial charge in [-0.1, -0.05) is 0 Å². The van der Waals surface area contributed by atoms with Gasteiger partial charge in [0.15, 0.2) is 11.2 Å². The number of esters is 2. The van der Waals surface area contributed by atoms with Crippen LogP contribution in [0.5, 0.6) is 0 Å². The zero-order chi connectivity index (χ0) is 19.9. The van der Waals surface area contributed by atoms with Crippen LogP contribution in [0.3, 0.4) is 0 Å². The molecule has 8 heteroatoms. The molecule has 28 heavy (non-hydrogen) atoms. The van der Waals surface area contributed by atoms with Crippen LogP contribution in [0.4, 0.5) is 0 Å². The van der Waals surface area contributed by atoms with E-state index in [-0.39, 0.29) is 60.8 Å². The van der Waals surface area contributed by atoms with E-state index in [0.717, 1.165) is 12.8 Å². The van der Waals surface area contributed by atoms with Crippen LogP contribution in [-0.2, 0) is 38.0 Å². The fourth-order valence-electron chi connectivity index (χ4n) is 4.42. The maximum atomic E-state index is 12.4. The van der Waals surface area contributed by atoms with Gasteiger partial charge in [-0.25, -0.2) is 9.59 Å². The lowest BCUT2D eigenvalue weighted by molar-refractivity contribution is -0.150. The zero-order valence-electron chi connectivity index (χ0n) is 16.8. The first kappa shape index (κ1) is 18.8. The first-order chi connectivity index (χ1) is 13.1. The second-order valence-electron chi connectivity index (χ2n) is 9.54. The van der Waals surface area contributed by atoms with Crippen molar-refractivity contribution in [1.82, 2.24) is 0 Å². The van der Waals surface area contributed by atoms with Crippen LogP contribution in [0.25, 0.3) is 0 Å². The molecule has 5 aliphatic heterocycles. The van der Waals surface area contributed by atoms with Crippen LogP contribution in [0, 0.1) is 0 Å². The molecular formula is C20H28O8. The van der Waals surface area contributed by atoms with Gasteiger partial charge in [0.05, 0.1) is 23.4 Å². The van der Waals surface area contributed by atoms with Crippen molar-refractivity contribution in [2.45, 2.75) is 100 Å². The molecule has 0 spiro atoms. The number of fused-ring (bicyclic) bond motifs is 4. The first-order valence-corrected chi connectivity index (χ1v) is 10.1. The van der Waals surface area contributed by atoms with Crippen LogP contribution in [-0.4, -0.2) is 72.0 Å². The summed E-state index contributed by atoms with van der Waals surface area (Å²) >= 11 is 0. The molecule has 0 amide bonds. The minimum absolute atomic E-state index is 0.132. The SMILES string of the molecule is C[C@@]12CC[C@H]3O[C@]3(C)C(=O)OC[C@@H]3O[C@@]3(C)CC[C@@H]3O[C@@]3(C)C(=O)OC[C@H]1O2. The van der Waals surface area contributed by atoms with Crippen LogP contribution in [0.1, 0.15) is 53.4 Å². The molecule has 0 aromatic rings. The fourth-order valence-corrected chi connectivity index (χ4v) is 4.42. The number of hydrogen-bond acceptors (Lipinski definition) is 8. The summed E-state index contributed by atoms with van der Waals surface area (Å²) in [5.74, 6) is -0.663. The number of carbonyl (C=O) groups excluding carboxylic acids is 2. The summed E-state index contributed by atoms with van der Waals surface area (Å²) in [5.41, 5.74) is -2.46. The topological polar surface area (TPSA) is 103 Å². The van der Waals surface area contributed by atoms with E-state index in [1.54, 1.807) is 13.8 Å². The molecule has 156 valence electrons. The van der Waals surface area contributed by atoms with Gasteiger partial charge in [-0.2, -0.15) is 0 Å². The molecule has 8 atom stereocenters. The molecule has 0 unspecified atom stereocenters. The Labute approximate surface area is 164 Å². The summed E-state index contributed by atoms with van der Waals surface area (Å²) < 4.78 is 33.7. The van der Waals surface area contributed by atoms with Gasteiger partial charge in [-0.3, -0.25) is 0 Å². The lowest BCUT2D eigenvalue weighted by Crippen LogP contribution is -2.30. The van der Waals surface area contributed by atoms with Crippen molar-refractivity contribution in [3.05, 3.63) is 0 Å². The number of cyclic esters (lactones) is 2. The lowest BCUT2D eigenvalue weighted by Gasteiger charge is -2.11. The molecule has 5 heterocycles. The molecule has 0 bridgehead atoms. The van der Waals surface area contributed by atoms with Gasteiger partial charge in [-0.15, -0.1) is 0 Å². The van der Waals surface area contributed by atoms with E-state index in [0.29, 0.717) is 12.8 Å². The van der Waals surface area contributed by atoms with Crippen molar-refractivity contribution in [2.24, 2.45) is 0 Å². The third-order valence-electron chi connectivity index (χ3n) is 7.31. The Morgan fingerprint density at radius 1 is 0.643 bits per heavy atom. The molecule has 0 aliphatic carbocycles. The maximum absolute atomic E-state index is 12.4. The quantitative estimate of drug-likeness (QED) is 0.446. The van der Waals surface area contributed by atoms with Gasteiger partial charge in [0, 0.05) is 0 Å². The van der Waals surface area contributed by atoms with Crippen LogP contribution in [0.2, 0.25) is 0 Å². The Morgan fingerprint density at radius 3 is 1.43 bits per heavy atom. The van der Waals surface area contributed by atoms with Gasteiger partial charge in [0.1, 0.15) is 25.4 Å². The summed E-state index contributed by atoms with van der Waals surface area (Å²) in [7, 11) is 0. The van der Waals surface area contributed by atoms with Gasteiger partial charge >= 0.3 is 11.9 Å². The van der Waals surface area contributed by atoms with E-state index < -0.39 is 11.2 Å². The third kappa shape index (κ3) is 2.96. The Hall–Kier alpha value is -1.22. The first-order valence-electron chi connectivity index (χ1n) is 10.1. The molecule has 0 aromatic heterocycles. The highest BCUT2D eigenvalue weighted by molar-refractivity contribution is 5.83. The normalized spacial score (nSPS) is 55.7. The van der Waals surface area contributed by atoms with E-state index in [1.165, 1.54) is 0 Å². The Bertz CT molecular complexity index is 665. The second kappa shape index (κ2) is 5.68. The maximum Gasteiger partial charge on any atom is 0.340 e. The van der Waals surface area contributed by atoms with Crippen molar-refractivity contribution in [1.29, 1.82) is 0 Å². The monoisotopic (exact) mass is 396 g/mol. The number of hydrogen-bond donors (Lipinski definition) is 0. The number of ether oxygens (including phenoxy) is 6. The van der Waals surface area contributed by atoms with Crippen molar-refractivity contribution in [3.63, 3.8) is 0 Å². The molecule has 5 saturated heterocycles. The van der Waals surface area contributed by atoms with Crippen LogP contribution < -0.4 is 0 Å². The summed E-state index contributed by atoms with van der Waals surface area (Å²) in [4.78, 5) is 24.9. The van der Waals surface area contributed by atoms with Crippen LogP contribution in [0.15, 0.2) is 0 Å². The van der Waals surface area contributed by atoms with Crippen LogP contribution >= 0.6 is 0 Å². The van der Waals surface area contributed by atoms with Crippen molar-refractivity contribution in [2.75, 3.05) is 13.2 Å². The van der Waals surface area contributed by atoms with E-state index in [9.17, 15) is 9.59 Å². The van der Waals surface area contributed by atoms with E-state index in [1.807, 2.05) is 13.8 Å². The summed E-state index contributed by atoms with van der Waals surface area (Å²) in [6.45, 7) is 7.96. The molecule has 0 aromatic carbocycles. The predicted molar refractivity (Wildman–Crippen MR) is 93.5 cm³/mol. The molecule has 0 saturated carbocycles. The number of carbonyl (C=O) groups is 2. The smallest absolute Gasteiger partial charge is 0.340 e. The average molecular weight is 396 g/mol. The average Bonchev–Trinajstić information content (AvgIpc) is 3.55. The Kier molecular flexibility index (Phi) is 3.81. The highest BCUT2D eigenvalue weighted by Gasteiger charge is 2.64. The summed E-state index contributed by atoms with van der Waals surface area (Å²) in [6, 6.07) is 0. The summed E-state index contributed by atoms with van der Waals surface area (Å²) in [5, 5.41) is 0. The third-order valence-corrected chi connectivity index (χ3v) is 7.31. The Morgan fingerprint density at radius 2 is 1.04 bits per heavy atom. The predicted octanol–water partition coefficient (Wildman–Crippen LogP) is 1.28. The Balaban J connectivity index is 1.25. The van der Waals surface area contributed by atoms with Crippen molar-refractivity contribution >= 4 is 11.9 Å². The largest absolute Gasteiger partial charge is 0.461 e. The second-order valence-corrected chi connectivity index (χ2v) is 9.54. The number of rotatable bonds is 0. The molecule has 5 rings (SSSR count). The van der Waals surface area contributed by atoms with Gasteiger partial charge in [-0.05, 0) is 53.4 Å². The van der Waals surface area contributed by atoms with E-state index in [2.05, 4.69) is 0 Å². The molecule has 8 nitrogen and oxygen atoms in total. The molecule has 5 fully saturated rings. The molecule has 0 N–H and O–H groups in total. The summed E-state index contributed by atoms with van der Waals surface area (Å²) in [6.07, 6.45) is 2.22. The minimum atomic E-state index is -0.881. The highest BCUT2D eigenvalue weighted by Crippen LogP contribution is 2.49. The molecule has 5 aliphatic rings. The molecular weight excluding hydrogens is 368 g/mol. The number of epoxide rings is 4. The zero-order valence-corrected chi connectivity index (χ0v) is 16.8. The highest BCUT2D eigenvalue weighted by atomic mass is 16.7. The van der Waals surface area contributed by atoms with Gasteiger partial charge in [0.25, 0.3) is 0 Å². The fraction of sp³-hybridized carbons (Fsp3) is 0.900. The van der Waals surface area contributed by atoms with E-state index >= 15 is 0 Å². The van der Waals surface area contributed by atoms with Crippen molar-refractivity contribution in [3.8, 4) is 0 Å². The van der Waals surface area contributed by atoms with Gasteiger partial charge in [0.2, 0.25) is 0 Å². The van der Waals surface area contributed by atoms with Gasteiger partial charge < -0.3 is 28.4 Å².